The van der Waals surface area contributed by atoms with Crippen molar-refractivity contribution < 1.29 is 92.9 Å². The van der Waals surface area contributed by atoms with Crippen molar-refractivity contribution in [3.8, 4) is 0 Å². The third-order valence-corrected chi connectivity index (χ3v) is 5.09. The summed E-state index contributed by atoms with van der Waals surface area (Å²) < 4.78 is 9.32. The number of carbonyl (C=O) groups is 2. The number of methoxy groups -OCH3 is 2. The van der Waals surface area contributed by atoms with Gasteiger partial charge in [0.15, 0.2) is 0 Å². The molecule has 3 rings (SSSR count). The number of hydrogen-bond acceptors (Lipinski definition) is 8. The molecule has 1 heterocycles. The molecule has 9 nitrogen and oxygen atoms in total. The molecule has 1 aromatic carbocycles. The number of nitrogens with two attached hydrogens (primary N) is 1. The van der Waals surface area contributed by atoms with Crippen LogP contribution in [0.1, 0.15) is 44.6 Å². The molecule has 180 valence electrons. The van der Waals surface area contributed by atoms with E-state index in [2.05, 4.69) is 17.4 Å². The molecule has 2 aliphatic rings. The van der Waals surface area contributed by atoms with Gasteiger partial charge in [0.25, 0.3) is 5.69 Å². The van der Waals surface area contributed by atoms with Crippen LogP contribution in [-0.2, 0) is 20.7 Å². The Morgan fingerprint density at radius 2 is 1.82 bits per heavy atom. The van der Waals surface area contributed by atoms with E-state index in [4.69, 9.17) is 10.5 Å². The Morgan fingerprint density at radius 1 is 1.18 bits per heavy atom. The second-order valence-electron chi connectivity index (χ2n) is 6.95. The fourth-order valence-electron chi connectivity index (χ4n) is 3.58. The monoisotopic (exact) mass is 601 g/mol. The molecule has 0 radical (unpaired) electrons. The van der Waals surface area contributed by atoms with Crippen LogP contribution in [0.25, 0.3) is 0 Å². The van der Waals surface area contributed by atoms with Crippen molar-refractivity contribution in [1.29, 1.82) is 0 Å². The quantitative estimate of drug-likeness (QED) is 0.132. The Kier molecular flexibility index (Phi) is 18.5. The molecule has 0 fully saturated rings. The van der Waals surface area contributed by atoms with E-state index in [9.17, 15) is 19.7 Å². The minimum Gasteiger partial charge on any atom is -0.466 e. The summed E-state index contributed by atoms with van der Waals surface area (Å²) in [6.07, 6.45) is 8.57. The van der Waals surface area contributed by atoms with Gasteiger partial charge >= 0.3 is 81.0 Å². The van der Waals surface area contributed by atoms with Gasteiger partial charge in [-0.3, -0.25) is 15.0 Å². The zero-order valence-corrected chi connectivity index (χ0v) is 27.6. The third-order valence-electron chi connectivity index (χ3n) is 5.09. The van der Waals surface area contributed by atoms with E-state index in [0.717, 1.165) is 24.8 Å². The molecule has 1 atom stereocenters. The van der Waals surface area contributed by atoms with Gasteiger partial charge in [-0.1, -0.05) is 6.08 Å². The van der Waals surface area contributed by atoms with Gasteiger partial charge in [-0.05, 0) is 63.8 Å². The molecular weight excluding hydrogens is 567 g/mol. The second-order valence-corrected chi connectivity index (χ2v) is 6.95. The number of nitrogen functional groups attached to an aromatic ring is 1. The largest absolute Gasteiger partial charge is 1.00 e. The molecule has 1 unspecified atom stereocenters. The first-order valence-corrected chi connectivity index (χ1v) is 10.9. The smallest absolute Gasteiger partial charge is 0.466 e. The van der Waals surface area contributed by atoms with E-state index >= 15 is 0 Å². The van der Waals surface area contributed by atoms with Crippen LogP contribution in [0.2, 0.25) is 0 Å². The molecule has 11 heteroatoms. The fourth-order valence-corrected chi connectivity index (χ4v) is 3.58. The molecule has 1 aliphatic carbocycles. The average molecular weight is 602 g/mol. The molecule has 2 N–H and O–H groups in total. The number of amides is 1. The first-order valence-electron chi connectivity index (χ1n) is 9.96. The maximum atomic E-state index is 11.8. The van der Waals surface area contributed by atoms with E-state index < -0.39 is 11.0 Å². The fraction of sp³-hybridized carbons (Fsp3) is 0.500. The van der Waals surface area contributed by atoms with E-state index in [1.54, 1.807) is 12.3 Å². The van der Waals surface area contributed by atoms with Gasteiger partial charge in [0.05, 0.1) is 30.4 Å². The number of nitro benzene ring substituents is 1. The Balaban J connectivity index is 0. The minimum absolute atomic E-state index is 0. The summed E-state index contributed by atoms with van der Waals surface area (Å²) in [7, 11) is 2.72. The summed E-state index contributed by atoms with van der Waals surface area (Å²) in [6.45, 7) is 1.88. The number of nitrogens with zero attached hydrogens (tertiary/aromatic N) is 2. The first-order chi connectivity index (χ1) is 14.8. The topological polar surface area (TPSA) is 125 Å². The third kappa shape index (κ3) is 9.46. The number of allylic oxidation sites excluding steroid dienone is 1. The van der Waals surface area contributed by atoms with E-state index in [1.165, 1.54) is 31.6 Å². The number of nitro groups is 1. The predicted octanol–water partition coefficient (Wildman–Crippen LogP) is 1.74. The van der Waals surface area contributed by atoms with Gasteiger partial charge in [-0.25, -0.2) is 9.59 Å². The Labute approximate surface area is 260 Å². The zero-order chi connectivity index (χ0) is 23.6. The van der Waals surface area contributed by atoms with Crippen molar-refractivity contribution in [2.24, 2.45) is 0 Å². The number of ether oxygens (including phenoxy) is 2. The predicted molar refractivity (Wildman–Crippen MR) is 130 cm³/mol. The van der Waals surface area contributed by atoms with Gasteiger partial charge in [-0.2, -0.15) is 12.6 Å². The van der Waals surface area contributed by atoms with Gasteiger partial charge < -0.3 is 22.6 Å². The van der Waals surface area contributed by atoms with Gasteiger partial charge in [0.2, 0.25) is 0 Å². The summed E-state index contributed by atoms with van der Waals surface area (Å²) in [5, 5.41) is 11.1. The maximum Gasteiger partial charge on any atom is 1.00 e. The van der Waals surface area contributed by atoms with Crippen molar-refractivity contribution in [2.45, 2.75) is 51.5 Å². The molecule has 33 heavy (non-hydrogen) atoms. The molecule has 0 aromatic heterocycles. The Hall–Kier alpha value is -0.698. The normalized spacial score (nSPS) is 15.8. The number of anilines is 2. The molecule has 1 aromatic rings. The molecule has 0 saturated heterocycles. The van der Waals surface area contributed by atoms with Crippen molar-refractivity contribution in [3.63, 3.8) is 0 Å². The molecule has 1 aliphatic heterocycles. The van der Waals surface area contributed by atoms with Gasteiger partial charge in [-0.15, -0.1) is 0 Å². The number of thiol groups is 1. The van der Waals surface area contributed by atoms with Crippen LogP contribution in [0.15, 0.2) is 23.8 Å². The second kappa shape index (κ2) is 17.7. The molecule has 0 bridgehead atoms. The van der Waals surface area contributed by atoms with Crippen molar-refractivity contribution in [2.75, 3.05) is 31.1 Å². The van der Waals surface area contributed by atoms with Crippen molar-refractivity contribution in [1.82, 2.24) is 0 Å². The Morgan fingerprint density at radius 3 is 2.30 bits per heavy atom. The maximum absolute atomic E-state index is 11.8. The van der Waals surface area contributed by atoms with E-state index in [0.29, 0.717) is 24.1 Å². The first kappa shape index (κ1) is 34.5. The number of hydrogen-bond donors (Lipinski definition) is 2. The number of esters is 1. The van der Waals surface area contributed by atoms with Gasteiger partial charge in [0.1, 0.15) is 5.69 Å². The summed E-state index contributed by atoms with van der Waals surface area (Å²) >= 11 is 3.53. The van der Waals surface area contributed by atoms with Crippen LogP contribution in [0.4, 0.5) is 21.9 Å². The molecule has 0 saturated carbocycles. The number of benzene rings is 1. The van der Waals surface area contributed by atoms with Crippen LogP contribution in [0.3, 0.4) is 0 Å². The number of fused-ring (bicyclic) bond motifs is 1. The van der Waals surface area contributed by atoms with Crippen molar-refractivity contribution >= 4 is 41.8 Å². The summed E-state index contributed by atoms with van der Waals surface area (Å²) in [6, 6.07) is 3.01. The number of carbonyl (C=O) groups excluding carboxylic acids is 2. The SMILES string of the molecule is COC(=O)C1=CCCCC1.COC(=O)N1c2ccc(N)c([N+](=O)[O-])c2CCC1C.CS.[CH3-].[Cs+]. The average Bonchev–Trinajstić information content (AvgIpc) is 2.80. The van der Waals surface area contributed by atoms with Crippen LogP contribution < -0.4 is 79.5 Å². The minimum atomic E-state index is -0.521. The molecule has 0 spiro atoms. The van der Waals surface area contributed by atoms with Gasteiger partial charge in [0, 0.05) is 11.6 Å². The summed E-state index contributed by atoms with van der Waals surface area (Å²) in [5.74, 6) is -0.153. The Bertz CT molecular complexity index is 835. The standard InChI is InChI=1S/C12H15N3O4.C8H12O2.CH4S.CH3.Cs/c1-7-3-4-8-10(14(7)12(16)19-2)6-5-9(13)11(8)15(17)18;1-10-8(9)7-5-3-2-4-6-7;1-2;;/h5-7H,3-4,13H2,1-2H3;5H,2-4,6H2,1H3;2H,1H3;1H3;/q;;;-1;+1. The van der Waals surface area contributed by atoms with Crippen LogP contribution in [-0.4, -0.2) is 43.5 Å². The van der Waals surface area contributed by atoms with E-state index in [1.807, 2.05) is 13.0 Å². The van der Waals surface area contributed by atoms with Crippen molar-refractivity contribution in [3.05, 3.63) is 46.9 Å². The van der Waals surface area contributed by atoms with E-state index in [-0.39, 0.29) is 99.7 Å². The molecular formula is C22H34CsN3O6S. The van der Waals surface area contributed by atoms with Crippen LogP contribution >= 0.6 is 12.6 Å². The number of rotatable bonds is 2. The molecule has 1 amide bonds. The summed E-state index contributed by atoms with van der Waals surface area (Å²) in [4.78, 5) is 34.7. The van der Waals surface area contributed by atoms with Crippen LogP contribution in [0.5, 0.6) is 0 Å². The summed E-state index contributed by atoms with van der Waals surface area (Å²) in [5.41, 5.74) is 7.51. The zero-order valence-electron chi connectivity index (χ0n) is 20.4. The van der Waals surface area contributed by atoms with Crippen LogP contribution in [0, 0.1) is 17.5 Å².